The Morgan fingerprint density at radius 3 is 2.09 bits per heavy atom. The standard InChI is InChI=1S/C16H26N2O3S/c1-11-7-15(21-6)16(8-12(11)2)22(19,20)18-9-13(3)17(5)14(4)10-18/h7-8,13-14H,9-10H2,1-6H3. The summed E-state index contributed by atoms with van der Waals surface area (Å²) in [7, 11) is -0.00178. The summed E-state index contributed by atoms with van der Waals surface area (Å²) in [5, 5.41) is 0. The first kappa shape index (κ1) is 17.2. The van der Waals surface area contributed by atoms with Crippen LogP contribution in [0.4, 0.5) is 0 Å². The molecule has 6 heteroatoms. The third-order valence-electron chi connectivity index (χ3n) is 4.72. The van der Waals surface area contributed by atoms with Gasteiger partial charge in [0.25, 0.3) is 0 Å². The molecule has 2 atom stereocenters. The van der Waals surface area contributed by atoms with Gasteiger partial charge in [-0.25, -0.2) is 8.42 Å². The van der Waals surface area contributed by atoms with Gasteiger partial charge in [-0.3, -0.25) is 4.90 Å². The zero-order valence-corrected chi connectivity index (χ0v) is 15.1. The fourth-order valence-electron chi connectivity index (χ4n) is 2.82. The molecule has 1 aliphatic rings. The first-order valence-electron chi connectivity index (χ1n) is 7.55. The number of aryl methyl sites for hydroxylation is 2. The van der Waals surface area contributed by atoms with Gasteiger partial charge in [0.05, 0.1) is 7.11 Å². The van der Waals surface area contributed by atoms with Crippen molar-refractivity contribution in [2.24, 2.45) is 0 Å². The molecule has 0 aliphatic carbocycles. The van der Waals surface area contributed by atoms with E-state index in [0.717, 1.165) is 11.1 Å². The molecular formula is C16H26N2O3S. The van der Waals surface area contributed by atoms with Crippen LogP contribution in [0.1, 0.15) is 25.0 Å². The molecule has 22 heavy (non-hydrogen) atoms. The van der Waals surface area contributed by atoms with E-state index in [9.17, 15) is 8.42 Å². The molecule has 2 unspecified atom stereocenters. The smallest absolute Gasteiger partial charge is 0.246 e. The van der Waals surface area contributed by atoms with Gasteiger partial charge in [-0.2, -0.15) is 4.31 Å². The van der Waals surface area contributed by atoms with Crippen LogP contribution in [0.25, 0.3) is 0 Å². The maximum atomic E-state index is 13.1. The van der Waals surface area contributed by atoms with Crippen LogP contribution in [-0.2, 0) is 10.0 Å². The zero-order chi connectivity index (χ0) is 16.7. The molecule has 0 spiro atoms. The van der Waals surface area contributed by atoms with Crippen molar-refractivity contribution in [1.29, 1.82) is 0 Å². The fourth-order valence-corrected chi connectivity index (χ4v) is 4.64. The summed E-state index contributed by atoms with van der Waals surface area (Å²) in [6.07, 6.45) is 0. The minimum absolute atomic E-state index is 0.191. The second kappa shape index (κ2) is 6.18. The number of hydrogen-bond acceptors (Lipinski definition) is 4. The van der Waals surface area contributed by atoms with Crippen LogP contribution in [0, 0.1) is 13.8 Å². The Morgan fingerprint density at radius 1 is 1.09 bits per heavy atom. The van der Waals surface area contributed by atoms with Crippen molar-refractivity contribution in [2.45, 2.75) is 44.7 Å². The minimum Gasteiger partial charge on any atom is -0.495 e. The van der Waals surface area contributed by atoms with Crippen LogP contribution >= 0.6 is 0 Å². The number of methoxy groups -OCH3 is 1. The molecule has 0 amide bonds. The lowest BCUT2D eigenvalue weighted by Gasteiger charge is -2.41. The zero-order valence-electron chi connectivity index (χ0n) is 14.3. The van der Waals surface area contributed by atoms with E-state index in [2.05, 4.69) is 18.7 Å². The van der Waals surface area contributed by atoms with Gasteiger partial charge >= 0.3 is 0 Å². The molecule has 1 heterocycles. The summed E-state index contributed by atoms with van der Waals surface area (Å²) >= 11 is 0. The minimum atomic E-state index is -3.55. The highest BCUT2D eigenvalue weighted by atomic mass is 32.2. The summed E-state index contributed by atoms with van der Waals surface area (Å²) in [4.78, 5) is 2.48. The number of rotatable bonds is 3. The van der Waals surface area contributed by atoms with Gasteiger partial charge in [-0.15, -0.1) is 0 Å². The van der Waals surface area contributed by atoms with Gasteiger partial charge < -0.3 is 4.74 Å². The second-order valence-corrected chi connectivity index (χ2v) is 8.18. The molecule has 0 radical (unpaired) electrons. The molecule has 1 aliphatic heterocycles. The average Bonchev–Trinajstić information content (AvgIpc) is 2.46. The SMILES string of the molecule is COc1cc(C)c(C)cc1S(=O)(=O)N1CC(C)N(C)C(C)C1. The van der Waals surface area contributed by atoms with Crippen LogP contribution in [0.3, 0.4) is 0 Å². The van der Waals surface area contributed by atoms with E-state index >= 15 is 0 Å². The van der Waals surface area contributed by atoms with Crippen molar-refractivity contribution in [3.8, 4) is 5.75 Å². The Labute approximate surface area is 133 Å². The maximum Gasteiger partial charge on any atom is 0.246 e. The molecule has 5 nitrogen and oxygen atoms in total. The Balaban J connectivity index is 2.45. The number of likely N-dealkylation sites (N-methyl/N-ethyl adjacent to an activating group) is 1. The number of ether oxygens (including phenoxy) is 1. The highest BCUT2D eigenvalue weighted by Crippen LogP contribution is 2.31. The molecule has 1 saturated heterocycles. The van der Waals surface area contributed by atoms with Gasteiger partial charge in [0.2, 0.25) is 10.0 Å². The van der Waals surface area contributed by atoms with Crippen molar-refractivity contribution >= 4 is 10.0 Å². The molecule has 1 aromatic rings. The highest BCUT2D eigenvalue weighted by Gasteiger charge is 2.36. The summed E-state index contributed by atoms with van der Waals surface area (Å²) in [6, 6.07) is 3.90. The Bertz CT molecular complexity index is 646. The third-order valence-corrected chi connectivity index (χ3v) is 6.58. The molecule has 0 bridgehead atoms. The predicted octanol–water partition coefficient (Wildman–Crippen LogP) is 2.03. The number of benzene rings is 1. The molecule has 0 N–H and O–H groups in total. The summed E-state index contributed by atoms with van der Waals surface area (Å²) < 4.78 is 33.0. The Morgan fingerprint density at radius 2 is 1.59 bits per heavy atom. The highest BCUT2D eigenvalue weighted by molar-refractivity contribution is 7.89. The first-order chi connectivity index (χ1) is 10.2. The number of piperazine rings is 1. The van der Waals surface area contributed by atoms with Crippen LogP contribution in [0.2, 0.25) is 0 Å². The molecule has 0 aromatic heterocycles. The Kier molecular flexibility index (Phi) is 4.84. The quantitative estimate of drug-likeness (QED) is 0.853. The molecule has 1 aromatic carbocycles. The maximum absolute atomic E-state index is 13.1. The van der Waals surface area contributed by atoms with Crippen LogP contribution < -0.4 is 4.74 Å². The van der Waals surface area contributed by atoms with E-state index in [4.69, 9.17) is 4.74 Å². The van der Waals surface area contributed by atoms with Crippen molar-refractivity contribution in [3.63, 3.8) is 0 Å². The van der Waals surface area contributed by atoms with Gasteiger partial charge in [0, 0.05) is 25.2 Å². The molecule has 0 saturated carbocycles. The predicted molar refractivity (Wildman–Crippen MR) is 87.9 cm³/mol. The first-order valence-corrected chi connectivity index (χ1v) is 8.99. The van der Waals surface area contributed by atoms with Gasteiger partial charge in [0.1, 0.15) is 10.6 Å². The molecule has 124 valence electrons. The van der Waals surface area contributed by atoms with E-state index in [1.54, 1.807) is 16.4 Å². The van der Waals surface area contributed by atoms with Crippen LogP contribution in [-0.4, -0.2) is 57.0 Å². The number of hydrogen-bond donors (Lipinski definition) is 0. The summed E-state index contributed by atoms with van der Waals surface area (Å²) in [6.45, 7) is 8.97. The van der Waals surface area contributed by atoms with E-state index < -0.39 is 10.0 Å². The lowest BCUT2D eigenvalue weighted by molar-refractivity contribution is 0.105. The van der Waals surface area contributed by atoms with Crippen molar-refractivity contribution in [3.05, 3.63) is 23.3 Å². The lowest BCUT2D eigenvalue weighted by atomic mass is 10.1. The molecular weight excluding hydrogens is 300 g/mol. The topological polar surface area (TPSA) is 49.9 Å². The largest absolute Gasteiger partial charge is 0.495 e. The van der Waals surface area contributed by atoms with E-state index in [1.807, 2.05) is 20.9 Å². The lowest BCUT2D eigenvalue weighted by Crippen LogP contribution is -2.56. The van der Waals surface area contributed by atoms with Crippen molar-refractivity contribution in [1.82, 2.24) is 9.21 Å². The van der Waals surface area contributed by atoms with Gasteiger partial charge in [0.15, 0.2) is 0 Å². The Hall–Kier alpha value is -1.11. The second-order valence-electron chi connectivity index (χ2n) is 6.27. The normalized spacial score (nSPS) is 24.5. The number of nitrogens with zero attached hydrogens (tertiary/aromatic N) is 2. The van der Waals surface area contributed by atoms with Crippen molar-refractivity contribution < 1.29 is 13.2 Å². The van der Waals surface area contributed by atoms with Gasteiger partial charge in [-0.1, -0.05) is 0 Å². The number of sulfonamides is 1. The van der Waals surface area contributed by atoms with Gasteiger partial charge in [-0.05, 0) is 58.0 Å². The van der Waals surface area contributed by atoms with E-state index in [1.165, 1.54) is 7.11 Å². The monoisotopic (exact) mass is 326 g/mol. The van der Waals surface area contributed by atoms with Crippen LogP contribution in [0.5, 0.6) is 5.75 Å². The summed E-state index contributed by atoms with van der Waals surface area (Å²) in [5.74, 6) is 0.419. The third kappa shape index (κ3) is 3.00. The molecule has 2 rings (SSSR count). The fraction of sp³-hybridized carbons (Fsp3) is 0.625. The van der Waals surface area contributed by atoms with E-state index in [-0.39, 0.29) is 17.0 Å². The van der Waals surface area contributed by atoms with Crippen molar-refractivity contribution in [2.75, 3.05) is 27.2 Å². The average molecular weight is 326 g/mol. The summed E-state index contributed by atoms with van der Waals surface area (Å²) in [5.41, 5.74) is 1.98. The molecule has 1 fully saturated rings. The van der Waals surface area contributed by atoms with E-state index in [0.29, 0.717) is 18.8 Å². The van der Waals surface area contributed by atoms with Crippen LogP contribution in [0.15, 0.2) is 17.0 Å².